The number of benzene rings is 2. The van der Waals surface area contributed by atoms with E-state index in [1.165, 1.54) is 23.3 Å². The Kier molecular flexibility index (Phi) is 5.04. The summed E-state index contributed by atoms with van der Waals surface area (Å²) < 4.78 is 14.8. The molecule has 0 bridgehead atoms. The molecule has 1 heterocycles. The summed E-state index contributed by atoms with van der Waals surface area (Å²) in [6, 6.07) is 12.4. The number of aryl methyl sites for hydroxylation is 2. The number of aromatic nitrogens is 3. The number of nitrogens with zero attached hydrogens (tertiary/aromatic N) is 3. The van der Waals surface area contributed by atoms with Crippen LogP contribution in [-0.4, -0.2) is 19.9 Å². The van der Waals surface area contributed by atoms with Crippen LogP contribution in [0.2, 0.25) is 0 Å². The minimum atomic E-state index is -0.269. The van der Waals surface area contributed by atoms with Gasteiger partial charge in [0.2, 0.25) is 5.95 Å². The van der Waals surface area contributed by atoms with Crippen molar-refractivity contribution in [3.8, 4) is 0 Å². The van der Waals surface area contributed by atoms with E-state index in [1.54, 1.807) is 17.1 Å². The second kappa shape index (κ2) is 7.40. The fourth-order valence-corrected chi connectivity index (χ4v) is 2.54. The van der Waals surface area contributed by atoms with Crippen LogP contribution in [0.4, 0.5) is 16.0 Å². The van der Waals surface area contributed by atoms with Gasteiger partial charge in [0.15, 0.2) is 5.11 Å². The van der Waals surface area contributed by atoms with E-state index >= 15 is 0 Å². The van der Waals surface area contributed by atoms with Crippen LogP contribution in [-0.2, 0) is 6.54 Å². The molecule has 7 heteroatoms. The topological polar surface area (TPSA) is 54.8 Å². The van der Waals surface area contributed by atoms with Crippen LogP contribution in [0.25, 0.3) is 0 Å². The third-order valence-electron chi connectivity index (χ3n) is 3.76. The molecule has 0 radical (unpaired) electrons. The second-order valence-corrected chi connectivity index (χ2v) is 6.18. The summed E-state index contributed by atoms with van der Waals surface area (Å²) >= 11 is 5.29. The Bertz CT molecular complexity index is 906. The van der Waals surface area contributed by atoms with Crippen molar-refractivity contribution in [3.63, 3.8) is 0 Å². The lowest BCUT2D eigenvalue weighted by Gasteiger charge is -2.09. The van der Waals surface area contributed by atoms with Gasteiger partial charge < -0.3 is 5.32 Å². The first kappa shape index (κ1) is 17.0. The Balaban J connectivity index is 1.60. The lowest BCUT2D eigenvalue weighted by atomic mass is 10.1. The Morgan fingerprint density at radius 2 is 1.96 bits per heavy atom. The van der Waals surface area contributed by atoms with E-state index in [4.69, 9.17) is 12.2 Å². The van der Waals surface area contributed by atoms with Gasteiger partial charge in [-0.1, -0.05) is 18.2 Å². The first-order chi connectivity index (χ1) is 12.0. The van der Waals surface area contributed by atoms with Gasteiger partial charge in [-0.3, -0.25) is 5.32 Å². The van der Waals surface area contributed by atoms with Gasteiger partial charge in [-0.05, 0) is 67.0 Å². The average Bonchev–Trinajstić information content (AvgIpc) is 2.98. The highest BCUT2D eigenvalue weighted by atomic mass is 32.1. The molecule has 2 N–H and O–H groups in total. The number of hydrogen-bond acceptors (Lipinski definition) is 3. The molecule has 0 fully saturated rings. The highest BCUT2D eigenvalue weighted by Gasteiger charge is 2.05. The molecule has 3 aromatic rings. The molecule has 0 aliphatic carbocycles. The average molecular weight is 355 g/mol. The summed E-state index contributed by atoms with van der Waals surface area (Å²) in [5.41, 5.74) is 4.12. The van der Waals surface area contributed by atoms with Crippen LogP contribution in [0.15, 0.2) is 48.8 Å². The van der Waals surface area contributed by atoms with Crippen LogP contribution in [0.5, 0.6) is 0 Å². The van der Waals surface area contributed by atoms with E-state index < -0.39 is 0 Å². The molecule has 0 unspecified atom stereocenters. The van der Waals surface area contributed by atoms with Gasteiger partial charge in [-0.2, -0.15) is 0 Å². The fourth-order valence-electron chi connectivity index (χ4n) is 2.33. The maximum Gasteiger partial charge on any atom is 0.248 e. The third-order valence-corrected chi connectivity index (χ3v) is 3.96. The molecule has 1 aromatic heterocycles. The van der Waals surface area contributed by atoms with Crippen molar-refractivity contribution in [2.24, 2.45) is 0 Å². The van der Waals surface area contributed by atoms with E-state index in [1.807, 2.05) is 31.2 Å². The van der Waals surface area contributed by atoms with Crippen molar-refractivity contribution in [2.45, 2.75) is 20.4 Å². The van der Waals surface area contributed by atoms with Gasteiger partial charge in [-0.25, -0.2) is 14.1 Å². The number of nitrogens with one attached hydrogen (secondary N) is 2. The van der Waals surface area contributed by atoms with Crippen LogP contribution in [0.1, 0.15) is 16.7 Å². The zero-order chi connectivity index (χ0) is 17.8. The standard InChI is InChI=1S/C18H18FN5S/c1-12-6-7-16(8-13(12)2)21-18(25)22-17-20-11-24(23-17)10-14-4-3-5-15(19)9-14/h3-9,11H,10H2,1-2H3,(H2,21,22,23,25). The summed E-state index contributed by atoms with van der Waals surface area (Å²) in [6.45, 7) is 4.54. The highest BCUT2D eigenvalue weighted by molar-refractivity contribution is 7.80. The Hall–Kier alpha value is -2.80. The molecule has 3 rings (SSSR count). The molecule has 25 heavy (non-hydrogen) atoms. The monoisotopic (exact) mass is 355 g/mol. The summed E-state index contributed by atoms with van der Waals surface area (Å²) in [6.07, 6.45) is 1.58. The lowest BCUT2D eigenvalue weighted by molar-refractivity contribution is 0.619. The number of thiocarbonyl (C=S) groups is 1. The molecule has 0 atom stereocenters. The van der Waals surface area contributed by atoms with Crippen molar-refractivity contribution >= 4 is 29.0 Å². The molecule has 0 amide bonds. The van der Waals surface area contributed by atoms with Crippen molar-refractivity contribution in [1.29, 1.82) is 0 Å². The van der Waals surface area contributed by atoms with E-state index in [0.29, 0.717) is 17.6 Å². The maximum absolute atomic E-state index is 13.2. The minimum Gasteiger partial charge on any atom is -0.332 e. The van der Waals surface area contributed by atoms with Gasteiger partial charge in [0.05, 0.1) is 6.54 Å². The largest absolute Gasteiger partial charge is 0.332 e. The predicted molar refractivity (Wildman–Crippen MR) is 101 cm³/mol. The van der Waals surface area contributed by atoms with E-state index in [9.17, 15) is 4.39 Å². The molecule has 5 nitrogen and oxygen atoms in total. The highest BCUT2D eigenvalue weighted by Crippen LogP contribution is 2.14. The summed E-state index contributed by atoms with van der Waals surface area (Å²) in [5, 5.41) is 10.8. The number of halogens is 1. The van der Waals surface area contributed by atoms with Crippen molar-refractivity contribution in [2.75, 3.05) is 10.6 Å². The molecule has 2 aromatic carbocycles. The Morgan fingerprint density at radius 3 is 2.72 bits per heavy atom. The molecule has 0 saturated heterocycles. The zero-order valence-electron chi connectivity index (χ0n) is 14.0. The third kappa shape index (κ3) is 4.60. The summed E-state index contributed by atoms with van der Waals surface area (Å²) in [4.78, 5) is 4.17. The van der Waals surface area contributed by atoms with Crippen molar-refractivity contribution in [3.05, 3.63) is 71.3 Å². The summed E-state index contributed by atoms with van der Waals surface area (Å²) in [7, 11) is 0. The van der Waals surface area contributed by atoms with Gasteiger partial charge in [-0.15, -0.1) is 5.10 Å². The van der Waals surface area contributed by atoms with Gasteiger partial charge in [0, 0.05) is 5.69 Å². The van der Waals surface area contributed by atoms with Crippen LogP contribution in [0.3, 0.4) is 0 Å². The zero-order valence-corrected chi connectivity index (χ0v) is 14.8. The molecular formula is C18H18FN5S. The fraction of sp³-hybridized carbons (Fsp3) is 0.167. The van der Waals surface area contributed by atoms with Crippen molar-refractivity contribution < 1.29 is 4.39 Å². The molecule has 128 valence electrons. The Morgan fingerprint density at radius 1 is 1.12 bits per heavy atom. The van der Waals surface area contributed by atoms with Gasteiger partial charge in [0.1, 0.15) is 12.1 Å². The first-order valence-corrected chi connectivity index (χ1v) is 8.19. The number of anilines is 2. The quantitative estimate of drug-likeness (QED) is 0.696. The molecule has 0 saturated carbocycles. The van der Waals surface area contributed by atoms with Crippen LogP contribution < -0.4 is 10.6 Å². The first-order valence-electron chi connectivity index (χ1n) is 7.79. The van der Waals surface area contributed by atoms with E-state index in [2.05, 4.69) is 27.6 Å². The van der Waals surface area contributed by atoms with E-state index in [0.717, 1.165) is 11.3 Å². The minimum absolute atomic E-state index is 0.269. The smallest absolute Gasteiger partial charge is 0.248 e. The van der Waals surface area contributed by atoms with Crippen LogP contribution >= 0.6 is 12.2 Å². The second-order valence-electron chi connectivity index (χ2n) is 5.77. The van der Waals surface area contributed by atoms with Crippen LogP contribution in [0, 0.1) is 19.7 Å². The number of hydrogen-bond donors (Lipinski definition) is 2. The van der Waals surface area contributed by atoms with E-state index in [-0.39, 0.29) is 5.82 Å². The predicted octanol–water partition coefficient (Wildman–Crippen LogP) is 3.89. The molecular weight excluding hydrogens is 337 g/mol. The molecule has 0 spiro atoms. The number of rotatable bonds is 4. The molecule has 0 aliphatic heterocycles. The lowest BCUT2D eigenvalue weighted by Crippen LogP contribution is -2.20. The Labute approximate surface area is 150 Å². The van der Waals surface area contributed by atoms with Gasteiger partial charge in [0.25, 0.3) is 0 Å². The molecule has 0 aliphatic rings. The van der Waals surface area contributed by atoms with Gasteiger partial charge >= 0.3 is 0 Å². The maximum atomic E-state index is 13.2. The summed E-state index contributed by atoms with van der Waals surface area (Å²) in [5.74, 6) is 0.118. The normalized spacial score (nSPS) is 10.5. The van der Waals surface area contributed by atoms with Crippen molar-refractivity contribution in [1.82, 2.24) is 14.8 Å². The SMILES string of the molecule is Cc1ccc(NC(=S)Nc2ncn(Cc3cccc(F)c3)n2)cc1C.